The van der Waals surface area contributed by atoms with Gasteiger partial charge in [0, 0.05) is 29.6 Å². The topological polar surface area (TPSA) is 118 Å². The monoisotopic (exact) mass is 493 g/mol. The second-order valence-electron chi connectivity index (χ2n) is 9.98. The van der Waals surface area contributed by atoms with Gasteiger partial charge in [0.2, 0.25) is 11.9 Å². The molecular weight excluding hydrogens is 461 g/mol. The van der Waals surface area contributed by atoms with E-state index in [0.29, 0.717) is 40.9 Å². The largest absolute Gasteiger partial charge is 0.339 e. The van der Waals surface area contributed by atoms with Crippen LogP contribution in [0.5, 0.6) is 0 Å². The number of rotatable bonds is 10. The maximum Gasteiger partial charge on any atom is 0.270 e. The maximum absolute atomic E-state index is 15.0. The molecule has 0 spiro atoms. The van der Waals surface area contributed by atoms with Crippen molar-refractivity contribution in [2.45, 2.75) is 65.5 Å². The summed E-state index contributed by atoms with van der Waals surface area (Å²) in [7, 11) is 0. The molecule has 0 radical (unpaired) electrons. The Hall–Kier alpha value is -3.56. The van der Waals surface area contributed by atoms with Crippen molar-refractivity contribution in [1.82, 2.24) is 30.3 Å². The summed E-state index contributed by atoms with van der Waals surface area (Å²) in [4.78, 5) is 30.8. The van der Waals surface area contributed by atoms with Gasteiger partial charge in [-0.2, -0.15) is 14.6 Å². The van der Waals surface area contributed by atoms with E-state index in [1.807, 2.05) is 13.8 Å². The van der Waals surface area contributed by atoms with Crippen molar-refractivity contribution in [2.24, 2.45) is 17.8 Å². The van der Waals surface area contributed by atoms with E-state index >= 15 is 0 Å². The van der Waals surface area contributed by atoms with Crippen molar-refractivity contribution in [1.29, 1.82) is 0 Å². The van der Waals surface area contributed by atoms with Gasteiger partial charge in [-0.3, -0.25) is 19.4 Å². The third-order valence-electron chi connectivity index (χ3n) is 7.17. The van der Waals surface area contributed by atoms with Gasteiger partial charge < -0.3 is 10.6 Å². The number of halogens is 1. The number of aromatic nitrogens is 5. The van der Waals surface area contributed by atoms with Gasteiger partial charge in [-0.25, -0.2) is 4.98 Å². The van der Waals surface area contributed by atoms with Gasteiger partial charge in [0.15, 0.2) is 0 Å². The quantitative estimate of drug-likeness (QED) is 0.369. The molecule has 0 aliphatic heterocycles. The summed E-state index contributed by atoms with van der Waals surface area (Å²) in [5, 5.41) is 17.0. The van der Waals surface area contributed by atoms with Gasteiger partial charge in [-0.05, 0) is 81.9 Å². The standard InChI is InChI=1S/C26H32FN7O2/c1-4-13-34-19(11-12-28-34)25(35)31-23(22(16-5-6-16)17-7-8-17)26(36)30-20-10-9-18(24(27)29-20)21-14(2)32-33-15(21)3/h9-12,16-17,22-23H,4-8,13H2,1-3H3,(H,31,35)(H,32,33)(H,29,30,36)/t23-/m0/s1. The average molecular weight is 494 g/mol. The van der Waals surface area contributed by atoms with Gasteiger partial charge in [-0.1, -0.05) is 6.92 Å². The van der Waals surface area contributed by atoms with Crippen LogP contribution in [0.2, 0.25) is 0 Å². The van der Waals surface area contributed by atoms with Gasteiger partial charge in [-0.15, -0.1) is 0 Å². The van der Waals surface area contributed by atoms with Crippen molar-refractivity contribution in [3.05, 3.63) is 47.4 Å². The Balaban J connectivity index is 1.38. The molecule has 9 nitrogen and oxygen atoms in total. The van der Waals surface area contributed by atoms with Gasteiger partial charge in [0.05, 0.1) is 5.69 Å². The minimum Gasteiger partial charge on any atom is -0.339 e. The SMILES string of the molecule is CCCn1nccc1C(=O)N[C@H](C(=O)Nc1ccc(-c2c(C)n[nH]c2C)c(F)n1)C(C1CC1)C1CC1. The lowest BCUT2D eigenvalue weighted by atomic mass is 9.88. The molecule has 2 aliphatic rings. The normalized spacial score (nSPS) is 16.2. The zero-order chi connectivity index (χ0) is 25.4. The summed E-state index contributed by atoms with van der Waals surface area (Å²) in [6.45, 7) is 6.25. The number of hydrogen-bond acceptors (Lipinski definition) is 5. The molecule has 3 N–H and O–H groups in total. The molecule has 10 heteroatoms. The van der Waals surface area contributed by atoms with Crippen molar-refractivity contribution < 1.29 is 14.0 Å². The van der Waals surface area contributed by atoms with E-state index in [2.05, 4.69) is 30.9 Å². The number of nitrogens with one attached hydrogen (secondary N) is 3. The molecule has 2 fully saturated rings. The number of nitrogens with zero attached hydrogens (tertiary/aromatic N) is 4. The molecule has 3 heterocycles. The van der Waals surface area contributed by atoms with Crippen LogP contribution < -0.4 is 10.6 Å². The first-order chi connectivity index (χ1) is 17.4. The minimum absolute atomic E-state index is 0.0526. The molecule has 3 aromatic heterocycles. The van der Waals surface area contributed by atoms with E-state index in [1.165, 1.54) is 0 Å². The van der Waals surface area contributed by atoms with Gasteiger partial charge in [0.25, 0.3) is 5.91 Å². The molecule has 2 saturated carbocycles. The molecule has 5 rings (SSSR count). The molecule has 0 bridgehead atoms. The Bertz CT molecular complexity index is 1240. The number of carbonyl (C=O) groups excluding carboxylic acids is 2. The molecule has 190 valence electrons. The summed E-state index contributed by atoms with van der Waals surface area (Å²) in [5.41, 5.74) is 2.83. The highest BCUT2D eigenvalue weighted by molar-refractivity contribution is 6.00. The van der Waals surface area contributed by atoms with Crippen molar-refractivity contribution in [2.75, 3.05) is 5.32 Å². The number of carbonyl (C=O) groups is 2. The highest BCUT2D eigenvalue weighted by Crippen LogP contribution is 2.51. The summed E-state index contributed by atoms with van der Waals surface area (Å²) in [6.07, 6.45) is 6.65. The van der Waals surface area contributed by atoms with Gasteiger partial charge in [0.1, 0.15) is 17.6 Å². The van der Waals surface area contributed by atoms with E-state index in [9.17, 15) is 14.0 Å². The second-order valence-corrected chi connectivity index (χ2v) is 9.98. The Morgan fingerprint density at radius 3 is 2.47 bits per heavy atom. The fourth-order valence-corrected chi connectivity index (χ4v) is 5.20. The molecule has 36 heavy (non-hydrogen) atoms. The Labute approximate surface area is 209 Å². The first-order valence-corrected chi connectivity index (χ1v) is 12.7. The number of aryl methyl sites for hydroxylation is 3. The summed E-state index contributed by atoms with van der Waals surface area (Å²) in [5.74, 6) is -0.402. The Morgan fingerprint density at radius 1 is 1.17 bits per heavy atom. The smallest absolute Gasteiger partial charge is 0.270 e. The zero-order valence-corrected chi connectivity index (χ0v) is 20.8. The fraction of sp³-hybridized carbons (Fsp3) is 0.500. The number of H-pyrrole nitrogens is 1. The van der Waals surface area contributed by atoms with Crippen LogP contribution in [0.15, 0.2) is 24.4 Å². The lowest BCUT2D eigenvalue weighted by Gasteiger charge is -2.27. The summed E-state index contributed by atoms with van der Waals surface area (Å²) < 4.78 is 16.6. The van der Waals surface area contributed by atoms with Gasteiger partial charge >= 0.3 is 0 Å². The molecule has 2 aliphatic carbocycles. The third-order valence-corrected chi connectivity index (χ3v) is 7.17. The molecule has 0 aromatic carbocycles. The number of pyridine rings is 1. The highest BCUT2D eigenvalue weighted by Gasteiger charge is 2.48. The number of anilines is 1. The predicted molar refractivity (Wildman–Crippen MR) is 133 cm³/mol. The first kappa shape index (κ1) is 24.1. The van der Waals surface area contributed by atoms with E-state index in [1.54, 1.807) is 36.0 Å². The Morgan fingerprint density at radius 2 is 1.89 bits per heavy atom. The van der Waals surface area contributed by atoms with E-state index in [4.69, 9.17) is 0 Å². The van der Waals surface area contributed by atoms with Crippen molar-refractivity contribution in [3.63, 3.8) is 0 Å². The van der Waals surface area contributed by atoms with Crippen molar-refractivity contribution >= 4 is 17.6 Å². The third kappa shape index (κ3) is 4.89. The second kappa shape index (κ2) is 9.83. The maximum atomic E-state index is 15.0. The van der Waals surface area contributed by atoms with Crippen LogP contribution in [-0.2, 0) is 11.3 Å². The highest BCUT2D eigenvalue weighted by atomic mass is 19.1. The number of aromatic amines is 1. The van der Waals surface area contributed by atoms with Crippen LogP contribution in [0.25, 0.3) is 11.1 Å². The van der Waals surface area contributed by atoms with Crippen LogP contribution in [0, 0.1) is 37.5 Å². The molecular formula is C26H32FN7O2. The molecule has 0 saturated heterocycles. The van der Waals surface area contributed by atoms with Crippen LogP contribution in [0.3, 0.4) is 0 Å². The summed E-state index contributed by atoms with van der Waals surface area (Å²) >= 11 is 0. The predicted octanol–water partition coefficient (Wildman–Crippen LogP) is 4.01. The van der Waals surface area contributed by atoms with Crippen LogP contribution >= 0.6 is 0 Å². The molecule has 1 atom stereocenters. The van der Waals surface area contributed by atoms with E-state index in [0.717, 1.165) is 37.8 Å². The van der Waals surface area contributed by atoms with Crippen molar-refractivity contribution in [3.8, 4) is 11.1 Å². The number of amides is 2. The first-order valence-electron chi connectivity index (χ1n) is 12.7. The zero-order valence-electron chi connectivity index (χ0n) is 20.8. The lowest BCUT2D eigenvalue weighted by molar-refractivity contribution is -0.119. The van der Waals surface area contributed by atoms with E-state index in [-0.39, 0.29) is 23.6 Å². The molecule has 2 amide bonds. The van der Waals surface area contributed by atoms with Crippen LogP contribution in [-0.4, -0.2) is 42.8 Å². The Kier molecular flexibility index (Phi) is 6.59. The van der Waals surface area contributed by atoms with Crippen LogP contribution in [0.1, 0.15) is 60.9 Å². The number of hydrogen-bond donors (Lipinski definition) is 3. The summed E-state index contributed by atoms with van der Waals surface area (Å²) in [6, 6.07) is 4.11. The molecule has 0 unspecified atom stereocenters. The van der Waals surface area contributed by atoms with E-state index < -0.39 is 12.0 Å². The average Bonchev–Trinajstić information content (AvgIpc) is 3.78. The van der Waals surface area contributed by atoms with Crippen LogP contribution in [0.4, 0.5) is 10.2 Å². The molecule has 3 aromatic rings. The minimum atomic E-state index is -0.731. The fourth-order valence-electron chi connectivity index (χ4n) is 5.20. The lowest BCUT2D eigenvalue weighted by Crippen LogP contribution is -2.50.